The van der Waals surface area contributed by atoms with Crippen molar-refractivity contribution in [2.75, 3.05) is 24.5 Å². The molecule has 2 unspecified atom stereocenters. The first-order chi connectivity index (χ1) is 17.0. The normalized spacial score (nSPS) is 20.4. The number of anilines is 1. The molecule has 0 aromatic carbocycles. The van der Waals surface area contributed by atoms with Gasteiger partial charge < -0.3 is 36.1 Å². The lowest BCUT2D eigenvalue weighted by Crippen LogP contribution is -2.45. The zero-order chi connectivity index (χ0) is 26.2. The van der Waals surface area contributed by atoms with Crippen LogP contribution in [0, 0.1) is 11.2 Å². The monoisotopic (exact) mass is 504 g/mol. The van der Waals surface area contributed by atoms with Crippen LogP contribution in [-0.4, -0.2) is 58.3 Å². The van der Waals surface area contributed by atoms with Gasteiger partial charge in [0.25, 0.3) is 0 Å². The van der Waals surface area contributed by atoms with Gasteiger partial charge in [0.15, 0.2) is 17.4 Å². The van der Waals surface area contributed by atoms with Crippen LogP contribution < -0.4 is 31.8 Å². The van der Waals surface area contributed by atoms with Gasteiger partial charge in [-0.2, -0.15) is 0 Å². The van der Waals surface area contributed by atoms with Crippen molar-refractivity contribution in [3.05, 3.63) is 28.3 Å². The van der Waals surface area contributed by atoms with E-state index in [0.717, 1.165) is 18.9 Å². The fraction of sp³-hybridized carbons (Fsp3) is 0.522. The summed E-state index contributed by atoms with van der Waals surface area (Å²) in [5.74, 6) is -1.94. The number of hydrogen-bond donors (Lipinski definition) is 4. The Bertz CT molecular complexity index is 1280. The SMILES string of the molecule is CC1(CNC(=O)C(N)CCC(N)=O)CCN(c2nc3c(cc2F)c(=O)c(OC(=O)O)cn3C2CC2)C1. The molecule has 0 spiro atoms. The van der Waals surface area contributed by atoms with Crippen LogP contribution in [0.3, 0.4) is 0 Å². The summed E-state index contributed by atoms with van der Waals surface area (Å²) in [6, 6.07) is 0.239. The first-order valence-corrected chi connectivity index (χ1v) is 11.7. The highest BCUT2D eigenvalue weighted by molar-refractivity contribution is 5.83. The molecule has 12 nitrogen and oxygen atoms in total. The van der Waals surface area contributed by atoms with Crippen molar-refractivity contribution in [2.45, 2.75) is 51.1 Å². The molecule has 2 amide bonds. The molecule has 4 rings (SSSR count). The Hall–Kier alpha value is -3.74. The van der Waals surface area contributed by atoms with Crippen LogP contribution in [-0.2, 0) is 9.59 Å². The van der Waals surface area contributed by atoms with E-state index in [1.807, 2.05) is 6.92 Å². The van der Waals surface area contributed by atoms with Gasteiger partial charge in [-0.15, -0.1) is 0 Å². The van der Waals surface area contributed by atoms with Crippen LogP contribution in [0.15, 0.2) is 17.1 Å². The van der Waals surface area contributed by atoms with Crippen molar-refractivity contribution in [3.8, 4) is 5.75 Å². The molecular formula is C23H29FN6O6. The number of amides is 2. The molecule has 2 aliphatic rings. The van der Waals surface area contributed by atoms with Gasteiger partial charge in [0.1, 0.15) is 5.65 Å². The van der Waals surface area contributed by atoms with E-state index >= 15 is 4.39 Å². The van der Waals surface area contributed by atoms with Crippen LogP contribution in [0.1, 0.15) is 45.1 Å². The lowest BCUT2D eigenvalue weighted by molar-refractivity contribution is -0.123. The van der Waals surface area contributed by atoms with E-state index < -0.39 is 46.4 Å². The lowest BCUT2D eigenvalue weighted by Gasteiger charge is -2.26. The molecule has 13 heteroatoms. The predicted molar refractivity (Wildman–Crippen MR) is 127 cm³/mol. The minimum Gasteiger partial charge on any atom is -0.449 e. The smallest absolute Gasteiger partial charge is 0.449 e. The molecular weight excluding hydrogens is 475 g/mol. The second kappa shape index (κ2) is 9.72. The molecule has 1 saturated heterocycles. The number of nitrogens with two attached hydrogens (primary N) is 2. The number of carbonyl (C=O) groups is 3. The van der Waals surface area contributed by atoms with E-state index in [-0.39, 0.29) is 35.7 Å². The molecule has 1 aliphatic carbocycles. The van der Waals surface area contributed by atoms with E-state index in [1.165, 1.54) is 6.20 Å². The Morgan fingerprint density at radius 1 is 1.39 bits per heavy atom. The molecule has 3 heterocycles. The first-order valence-electron chi connectivity index (χ1n) is 11.7. The summed E-state index contributed by atoms with van der Waals surface area (Å²) in [4.78, 5) is 53.2. The highest BCUT2D eigenvalue weighted by atomic mass is 19.1. The van der Waals surface area contributed by atoms with E-state index in [0.29, 0.717) is 26.1 Å². The predicted octanol–water partition coefficient (Wildman–Crippen LogP) is 0.853. The number of rotatable bonds is 9. The molecule has 2 aromatic heterocycles. The number of hydrogen-bond acceptors (Lipinski definition) is 8. The summed E-state index contributed by atoms with van der Waals surface area (Å²) in [7, 11) is 0. The minimum atomic E-state index is -1.63. The van der Waals surface area contributed by atoms with Crippen molar-refractivity contribution in [1.29, 1.82) is 0 Å². The maximum Gasteiger partial charge on any atom is 0.511 e. The molecule has 2 atom stereocenters. The van der Waals surface area contributed by atoms with Gasteiger partial charge >= 0.3 is 6.16 Å². The molecule has 1 saturated carbocycles. The minimum absolute atomic E-state index is 0.0163. The van der Waals surface area contributed by atoms with E-state index in [9.17, 15) is 19.2 Å². The summed E-state index contributed by atoms with van der Waals surface area (Å²) in [6.07, 6.45) is 2.14. The average Bonchev–Trinajstić information content (AvgIpc) is 3.59. The standard InChI is InChI=1S/C23H29FN6O6/c1-23(10-27-21(33)15(25)4-5-17(26)31)6-7-29(11-23)20-14(24)8-13-18(32)16(36-22(34)35)9-30(12-2-3-12)19(13)28-20/h8-9,12,15H,2-7,10-11,25H2,1H3,(H2,26,31)(H,27,33)(H,34,35). The van der Waals surface area contributed by atoms with Crippen molar-refractivity contribution in [1.82, 2.24) is 14.9 Å². The van der Waals surface area contributed by atoms with Gasteiger partial charge in [-0.1, -0.05) is 6.92 Å². The molecule has 6 N–H and O–H groups in total. The van der Waals surface area contributed by atoms with E-state index in [1.54, 1.807) is 9.47 Å². The van der Waals surface area contributed by atoms with Gasteiger partial charge in [0, 0.05) is 37.5 Å². The Labute approximate surface area is 205 Å². The number of pyridine rings is 2. The lowest BCUT2D eigenvalue weighted by atomic mass is 9.89. The van der Waals surface area contributed by atoms with E-state index in [2.05, 4.69) is 15.0 Å². The summed E-state index contributed by atoms with van der Waals surface area (Å²) < 4.78 is 21.5. The van der Waals surface area contributed by atoms with Crippen molar-refractivity contribution < 1.29 is 28.6 Å². The molecule has 194 valence electrons. The second-order valence-corrected chi connectivity index (χ2v) is 9.81. The van der Waals surface area contributed by atoms with Crippen molar-refractivity contribution in [3.63, 3.8) is 0 Å². The number of nitrogens with one attached hydrogen (secondary N) is 1. The fourth-order valence-electron chi connectivity index (χ4n) is 4.44. The molecule has 36 heavy (non-hydrogen) atoms. The second-order valence-electron chi connectivity index (χ2n) is 9.81. The fourth-order valence-corrected chi connectivity index (χ4v) is 4.44. The largest absolute Gasteiger partial charge is 0.511 e. The van der Waals surface area contributed by atoms with E-state index in [4.69, 9.17) is 16.6 Å². The topological polar surface area (TPSA) is 183 Å². The Kier molecular flexibility index (Phi) is 6.85. The van der Waals surface area contributed by atoms with Crippen LogP contribution in [0.5, 0.6) is 5.75 Å². The van der Waals surface area contributed by atoms with Crippen LogP contribution in [0.4, 0.5) is 15.0 Å². The van der Waals surface area contributed by atoms with Crippen molar-refractivity contribution >= 4 is 34.8 Å². The van der Waals surface area contributed by atoms with Gasteiger partial charge in [0.2, 0.25) is 17.2 Å². The third-order valence-electron chi connectivity index (χ3n) is 6.63. The third kappa shape index (κ3) is 5.40. The highest BCUT2D eigenvalue weighted by Gasteiger charge is 2.37. The maximum absolute atomic E-state index is 15.2. The number of halogens is 1. The van der Waals surface area contributed by atoms with Crippen molar-refractivity contribution in [2.24, 2.45) is 16.9 Å². The zero-order valence-corrected chi connectivity index (χ0v) is 19.8. The summed E-state index contributed by atoms with van der Waals surface area (Å²) in [5.41, 5.74) is 10.0. The Morgan fingerprint density at radius 3 is 2.75 bits per heavy atom. The number of fused-ring (bicyclic) bond motifs is 1. The first kappa shape index (κ1) is 25.4. The number of ether oxygens (including phenoxy) is 1. The van der Waals surface area contributed by atoms with Crippen LogP contribution >= 0.6 is 0 Å². The Morgan fingerprint density at radius 2 is 2.11 bits per heavy atom. The number of carboxylic acid groups (broad SMARTS) is 1. The average molecular weight is 505 g/mol. The highest BCUT2D eigenvalue weighted by Crippen LogP contribution is 2.39. The van der Waals surface area contributed by atoms with Gasteiger partial charge in [-0.25, -0.2) is 14.2 Å². The number of nitrogens with zero attached hydrogens (tertiary/aromatic N) is 3. The van der Waals surface area contributed by atoms with Crippen LogP contribution in [0.25, 0.3) is 11.0 Å². The van der Waals surface area contributed by atoms with Gasteiger partial charge in [-0.3, -0.25) is 14.4 Å². The molecule has 2 aromatic rings. The van der Waals surface area contributed by atoms with Gasteiger partial charge in [-0.05, 0) is 31.7 Å². The number of primary amides is 1. The van der Waals surface area contributed by atoms with Gasteiger partial charge in [0.05, 0.1) is 17.6 Å². The number of carbonyl (C=O) groups excluding carboxylic acids is 2. The molecule has 0 bridgehead atoms. The molecule has 0 radical (unpaired) electrons. The Balaban J connectivity index is 1.53. The number of aromatic nitrogens is 2. The maximum atomic E-state index is 15.2. The summed E-state index contributed by atoms with van der Waals surface area (Å²) in [6.45, 7) is 3.12. The quantitative estimate of drug-likeness (QED) is 0.360. The summed E-state index contributed by atoms with van der Waals surface area (Å²) >= 11 is 0. The zero-order valence-electron chi connectivity index (χ0n) is 19.8. The summed E-state index contributed by atoms with van der Waals surface area (Å²) in [5, 5.41) is 11.7. The molecule has 1 aliphatic heterocycles. The third-order valence-corrected chi connectivity index (χ3v) is 6.63. The molecule has 2 fully saturated rings. The van der Waals surface area contributed by atoms with Crippen LogP contribution in [0.2, 0.25) is 0 Å².